The van der Waals surface area contributed by atoms with Crippen molar-refractivity contribution in [1.29, 1.82) is 0 Å². The van der Waals surface area contributed by atoms with Gasteiger partial charge in [-0.1, -0.05) is 36.7 Å². The summed E-state index contributed by atoms with van der Waals surface area (Å²) in [7, 11) is -0.730. The lowest BCUT2D eigenvalue weighted by molar-refractivity contribution is 0.456. The second-order valence-corrected chi connectivity index (χ2v) is 6.07. The molecule has 0 radical (unpaired) electrons. The molecule has 0 spiro atoms. The molecule has 1 aromatic carbocycles. The summed E-state index contributed by atoms with van der Waals surface area (Å²) < 4.78 is 11.8. The van der Waals surface area contributed by atoms with Gasteiger partial charge < -0.3 is 5.32 Å². The van der Waals surface area contributed by atoms with E-state index in [0.29, 0.717) is 11.8 Å². The molecule has 1 saturated heterocycles. The van der Waals surface area contributed by atoms with Crippen LogP contribution in [0.15, 0.2) is 24.3 Å². The molecular weight excluding hydrogens is 242 g/mol. The molecule has 16 heavy (non-hydrogen) atoms. The Morgan fingerprint density at radius 1 is 1.44 bits per heavy atom. The molecule has 1 aromatic rings. The molecule has 0 aliphatic carbocycles. The van der Waals surface area contributed by atoms with Gasteiger partial charge in [0, 0.05) is 39.4 Å². The average molecular weight is 258 g/mol. The van der Waals surface area contributed by atoms with Crippen molar-refractivity contribution in [2.45, 2.75) is 25.4 Å². The number of halogens is 1. The lowest BCUT2D eigenvalue weighted by atomic mass is 10.1. The topological polar surface area (TPSA) is 29.1 Å². The first kappa shape index (κ1) is 12.1. The molecule has 1 N–H and O–H groups in total. The zero-order valence-electron chi connectivity index (χ0n) is 9.28. The smallest absolute Gasteiger partial charge is 0.0454 e. The van der Waals surface area contributed by atoms with E-state index in [1.807, 2.05) is 24.3 Å². The summed E-state index contributed by atoms with van der Waals surface area (Å²) in [5.41, 5.74) is 1.07. The van der Waals surface area contributed by atoms with E-state index < -0.39 is 10.8 Å². The Kier molecular flexibility index (Phi) is 4.00. The van der Waals surface area contributed by atoms with Gasteiger partial charge >= 0.3 is 0 Å². The predicted molar refractivity (Wildman–Crippen MR) is 69.3 cm³/mol. The molecule has 0 saturated carbocycles. The molecule has 0 aromatic heterocycles. The van der Waals surface area contributed by atoms with E-state index in [4.69, 9.17) is 11.6 Å². The lowest BCUT2D eigenvalue weighted by Crippen LogP contribution is -2.44. The first-order chi connectivity index (χ1) is 7.70. The van der Waals surface area contributed by atoms with Crippen molar-refractivity contribution in [2.24, 2.45) is 0 Å². The third kappa shape index (κ3) is 2.65. The third-order valence-electron chi connectivity index (χ3n) is 2.95. The molecule has 1 fully saturated rings. The molecular formula is C12H16ClNOS. The van der Waals surface area contributed by atoms with Crippen LogP contribution in [-0.4, -0.2) is 21.8 Å². The number of nitrogens with one attached hydrogen (secondary N) is 1. The SMILES string of the molecule is CCC1CS(=O)CC(c2ccccc2Cl)N1. The van der Waals surface area contributed by atoms with Crippen LogP contribution in [0.3, 0.4) is 0 Å². The van der Waals surface area contributed by atoms with Gasteiger partial charge in [-0.25, -0.2) is 0 Å². The Hall–Kier alpha value is -0.380. The Balaban J connectivity index is 2.21. The van der Waals surface area contributed by atoms with Crippen LogP contribution in [0.2, 0.25) is 5.02 Å². The number of hydrogen-bond donors (Lipinski definition) is 1. The Bertz CT molecular complexity index is 396. The Morgan fingerprint density at radius 3 is 2.88 bits per heavy atom. The van der Waals surface area contributed by atoms with E-state index in [9.17, 15) is 4.21 Å². The predicted octanol–water partition coefficient (Wildman–Crippen LogP) is 2.51. The van der Waals surface area contributed by atoms with Crippen LogP contribution in [0.25, 0.3) is 0 Å². The highest BCUT2D eigenvalue weighted by Gasteiger charge is 2.26. The molecule has 0 amide bonds. The first-order valence-electron chi connectivity index (χ1n) is 5.56. The standard InChI is InChI=1S/C12H16ClNOS/c1-2-9-7-16(15)8-12(14-9)10-5-3-4-6-11(10)13/h3-6,9,12,14H,2,7-8H2,1H3. The van der Waals surface area contributed by atoms with Crippen LogP contribution in [0.5, 0.6) is 0 Å². The summed E-state index contributed by atoms with van der Waals surface area (Å²) in [6.07, 6.45) is 1.01. The fourth-order valence-electron chi connectivity index (χ4n) is 2.03. The second kappa shape index (κ2) is 5.30. The molecule has 3 atom stereocenters. The highest BCUT2D eigenvalue weighted by molar-refractivity contribution is 7.85. The molecule has 3 unspecified atom stereocenters. The van der Waals surface area contributed by atoms with Gasteiger partial charge in [-0.05, 0) is 18.1 Å². The van der Waals surface area contributed by atoms with E-state index in [1.165, 1.54) is 0 Å². The molecule has 0 bridgehead atoms. The van der Waals surface area contributed by atoms with Gasteiger partial charge in [0.1, 0.15) is 0 Å². The van der Waals surface area contributed by atoms with Gasteiger partial charge in [0.05, 0.1) is 0 Å². The van der Waals surface area contributed by atoms with Gasteiger partial charge in [0.15, 0.2) is 0 Å². The largest absolute Gasteiger partial charge is 0.305 e. The van der Waals surface area contributed by atoms with Crippen molar-refractivity contribution in [2.75, 3.05) is 11.5 Å². The van der Waals surface area contributed by atoms with Crippen LogP contribution >= 0.6 is 11.6 Å². The summed E-state index contributed by atoms with van der Waals surface area (Å²) in [6.45, 7) is 2.11. The molecule has 2 rings (SSSR count). The van der Waals surface area contributed by atoms with Gasteiger partial charge in [-0.2, -0.15) is 0 Å². The van der Waals surface area contributed by atoms with E-state index in [2.05, 4.69) is 12.2 Å². The van der Waals surface area contributed by atoms with Gasteiger partial charge in [-0.3, -0.25) is 4.21 Å². The molecule has 1 aliphatic rings. The first-order valence-corrected chi connectivity index (χ1v) is 7.42. The van der Waals surface area contributed by atoms with Gasteiger partial charge in [0.25, 0.3) is 0 Å². The Morgan fingerprint density at radius 2 is 2.19 bits per heavy atom. The van der Waals surface area contributed by atoms with Crippen LogP contribution in [0, 0.1) is 0 Å². The summed E-state index contributed by atoms with van der Waals surface area (Å²) in [6, 6.07) is 8.26. The van der Waals surface area contributed by atoms with Crippen molar-refractivity contribution in [3.63, 3.8) is 0 Å². The zero-order valence-corrected chi connectivity index (χ0v) is 10.9. The van der Waals surface area contributed by atoms with Crippen LogP contribution < -0.4 is 5.32 Å². The number of hydrogen-bond acceptors (Lipinski definition) is 2. The Labute approximate surface area is 104 Å². The quantitative estimate of drug-likeness (QED) is 0.882. The maximum Gasteiger partial charge on any atom is 0.0454 e. The average Bonchev–Trinajstić information content (AvgIpc) is 2.28. The van der Waals surface area contributed by atoms with E-state index in [0.717, 1.165) is 22.8 Å². The molecule has 4 heteroatoms. The van der Waals surface area contributed by atoms with E-state index in [1.54, 1.807) is 0 Å². The highest BCUT2D eigenvalue weighted by atomic mass is 35.5. The van der Waals surface area contributed by atoms with E-state index >= 15 is 0 Å². The van der Waals surface area contributed by atoms with Crippen LogP contribution in [0.1, 0.15) is 24.9 Å². The van der Waals surface area contributed by atoms with Crippen molar-refractivity contribution in [1.82, 2.24) is 5.32 Å². The minimum Gasteiger partial charge on any atom is -0.305 e. The molecule has 1 heterocycles. The lowest BCUT2D eigenvalue weighted by Gasteiger charge is -2.30. The molecule has 1 aliphatic heterocycles. The van der Waals surface area contributed by atoms with Crippen molar-refractivity contribution in [3.05, 3.63) is 34.9 Å². The van der Waals surface area contributed by atoms with E-state index in [-0.39, 0.29) is 6.04 Å². The van der Waals surface area contributed by atoms with Crippen LogP contribution in [0.4, 0.5) is 0 Å². The summed E-state index contributed by atoms with van der Waals surface area (Å²) >= 11 is 6.16. The number of benzene rings is 1. The van der Waals surface area contributed by atoms with Gasteiger partial charge in [-0.15, -0.1) is 0 Å². The number of rotatable bonds is 2. The maximum atomic E-state index is 11.8. The van der Waals surface area contributed by atoms with Gasteiger partial charge in [0.2, 0.25) is 0 Å². The molecule has 2 nitrogen and oxygen atoms in total. The van der Waals surface area contributed by atoms with Crippen LogP contribution in [-0.2, 0) is 10.8 Å². The molecule has 88 valence electrons. The minimum absolute atomic E-state index is 0.133. The zero-order chi connectivity index (χ0) is 11.5. The maximum absolute atomic E-state index is 11.8. The second-order valence-electron chi connectivity index (χ2n) is 4.12. The third-order valence-corrected chi connectivity index (χ3v) is 4.77. The highest BCUT2D eigenvalue weighted by Crippen LogP contribution is 2.26. The summed E-state index contributed by atoms with van der Waals surface area (Å²) in [4.78, 5) is 0. The monoisotopic (exact) mass is 257 g/mol. The summed E-state index contributed by atoms with van der Waals surface area (Å²) in [5.74, 6) is 1.43. The van der Waals surface area contributed by atoms with Crippen molar-refractivity contribution in [3.8, 4) is 0 Å². The van der Waals surface area contributed by atoms with Crippen molar-refractivity contribution < 1.29 is 4.21 Å². The minimum atomic E-state index is -0.730. The van der Waals surface area contributed by atoms with Crippen molar-refractivity contribution >= 4 is 22.4 Å². The fourth-order valence-corrected chi connectivity index (χ4v) is 3.86. The summed E-state index contributed by atoms with van der Waals surface area (Å²) in [5, 5.41) is 4.27. The normalized spacial score (nSPS) is 30.2. The fraction of sp³-hybridized carbons (Fsp3) is 0.500.